The summed E-state index contributed by atoms with van der Waals surface area (Å²) in [6.45, 7) is 0. The molecule has 3 atom stereocenters. The molecule has 0 aliphatic heterocycles. The van der Waals surface area contributed by atoms with Gasteiger partial charge in [0.1, 0.15) is 6.10 Å². The summed E-state index contributed by atoms with van der Waals surface area (Å²) >= 11 is 1.15. The SMILES string of the molecule is O=C1c2cccnc2C(O)C1(I)C(O)C(F)(F)F. The quantitative estimate of drug-likeness (QED) is 0.577. The van der Waals surface area contributed by atoms with E-state index in [1.165, 1.54) is 18.3 Å². The molecule has 0 saturated carbocycles. The fourth-order valence-electron chi connectivity index (χ4n) is 1.87. The van der Waals surface area contributed by atoms with Gasteiger partial charge in [0, 0.05) is 11.8 Å². The average molecular weight is 373 g/mol. The number of Topliss-reactive ketones (excluding diaryl/α,β-unsaturated/α-hetero) is 1. The lowest BCUT2D eigenvalue weighted by atomic mass is 9.95. The Morgan fingerprint density at radius 2 is 2.11 bits per heavy atom. The molecule has 0 amide bonds. The molecule has 2 rings (SSSR count). The molecule has 0 bridgehead atoms. The van der Waals surface area contributed by atoms with Crippen LogP contribution in [0.1, 0.15) is 22.2 Å². The van der Waals surface area contributed by atoms with Gasteiger partial charge in [-0.1, -0.05) is 22.6 Å². The van der Waals surface area contributed by atoms with E-state index < -0.39 is 27.6 Å². The summed E-state index contributed by atoms with van der Waals surface area (Å²) in [6, 6.07) is 2.66. The summed E-state index contributed by atoms with van der Waals surface area (Å²) in [7, 11) is 0. The van der Waals surface area contributed by atoms with Gasteiger partial charge in [-0.05, 0) is 12.1 Å². The number of aliphatic hydroxyl groups is 2. The number of nitrogens with zero attached hydrogens (tertiary/aromatic N) is 1. The van der Waals surface area contributed by atoms with Crippen molar-refractivity contribution in [1.82, 2.24) is 4.98 Å². The van der Waals surface area contributed by atoms with Crippen LogP contribution in [0.3, 0.4) is 0 Å². The molecule has 1 heterocycles. The zero-order valence-electron chi connectivity index (χ0n) is 8.65. The van der Waals surface area contributed by atoms with Crippen LogP contribution in [0.25, 0.3) is 0 Å². The average Bonchev–Trinajstić information content (AvgIpc) is 2.51. The van der Waals surface area contributed by atoms with Crippen LogP contribution >= 0.6 is 22.6 Å². The predicted octanol–water partition coefficient (Wildman–Crippen LogP) is 1.41. The lowest BCUT2D eigenvalue weighted by Gasteiger charge is -2.30. The third-order valence-electron chi connectivity index (χ3n) is 2.80. The zero-order chi connectivity index (χ0) is 13.7. The summed E-state index contributed by atoms with van der Waals surface area (Å²) < 4.78 is 35.4. The van der Waals surface area contributed by atoms with Gasteiger partial charge in [-0.2, -0.15) is 13.2 Å². The van der Waals surface area contributed by atoms with E-state index in [-0.39, 0.29) is 11.3 Å². The molecule has 1 aliphatic carbocycles. The normalized spacial score (nSPS) is 29.2. The highest BCUT2D eigenvalue weighted by molar-refractivity contribution is 14.1. The number of fused-ring (bicyclic) bond motifs is 1. The molecular weight excluding hydrogens is 366 g/mol. The van der Waals surface area contributed by atoms with Crippen LogP contribution in [0.2, 0.25) is 0 Å². The second-order valence-corrected chi connectivity index (χ2v) is 5.67. The number of carbonyl (C=O) groups excluding carboxylic acids is 1. The van der Waals surface area contributed by atoms with Crippen molar-refractivity contribution in [2.24, 2.45) is 0 Å². The molecule has 1 aliphatic rings. The van der Waals surface area contributed by atoms with Gasteiger partial charge < -0.3 is 10.2 Å². The highest BCUT2D eigenvalue weighted by atomic mass is 127. The second kappa shape index (κ2) is 4.14. The molecule has 0 fully saturated rings. The first-order valence-electron chi connectivity index (χ1n) is 4.82. The lowest BCUT2D eigenvalue weighted by Crippen LogP contribution is -2.52. The molecule has 0 spiro atoms. The number of ketones is 1. The van der Waals surface area contributed by atoms with E-state index in [0.717, 1.165) is 22.6 Å². The molecular formula is C10H7F3INO3. The first-order valence-corrected chi connectivity index (χ1v) is 5.90. The molecule has 1 aromatic heterocycles. The summed E-state index contributed by atoms with van der Waals surface area (Å²) in [5.41, 5.74) is -0.233. The Labute approximate surface area is 113 Å². The fourth-order valence-corrected chi connectivity index (χ4v) is 2.81. The number of aromatic nitrogens is 1. The van der Waals surface area contributed by atoms with Crippen molar-refractivity contribution >= 4 is 28.4 Å². The summed E-state index contributed by atoms with van der Waals surface area (Å²) in [6.07, 6.45) is -8.49. The Morgan fingerprint density at radius 1 is 1.50 bits per heavy atom. The summed E-state index contributed by atoms with van der Waals surface area (Å²) in [5, 5.41) is 19.2. The number of aliphatic hydroxyl groups excluding tert-OH is 2. The number of pyridine rings is 1. The molecule has 0 radical (unpaired) electrons. The molecule has 4 nitrogen and oxygen atoms in total. The number of rotatable bonds is 1. The molecule has 8 heteroatoms. The smallest absolute Gasteiger partial charge is 0.385 e. The molecule has 0 aromatic carbocycles. The maximum atomic E-state index is 12.6. The van der Waals surface area contributed by atoms with E-state index in [1.54, 1.807) is 0 Å². The molecule has 98 valence electrons. The third-order valence-corrected chi connectivity index (χ3v) is 4.47. The second-order valence-electron chi connectivity index (χ2n) is 3.88. The van der Waals surface area contributed by atoms with Gasteiger partial charge >= 0.3 is 6.18 Å². The minimum atomic E-state index is -5.00. The molecule has 3 unspecified atom stereocenters. The first-order chi connectivity index (χ1) is 8.20. The Balaban J connectivity index is 2.53. The number of hydrogen-bond acceptors (Lipinski definition) is 4. The van der Waals surface area contributed by atoms with Gasteiger partial charge in [0.15, 0.2) is 15.3 Å². The topological polar surface area (TPSA) is 70.4 Å². The first kappa shape index (κ1) is 13.7. The monoisotopic (exact) mass is 373 g/mol. The van der Waals surface area contributed by atoms with Crippen LogP contribution in [0, 0.1) is 0 Å². The van der Waals surface area contributed by atoms with E-state index >= 15 is 0 Å². The van der Waals surface area contributed by atoms with Gasteiger partial charge in [-0.25, -0.2) is 0 Å². The Kier molecular flexibility index (Phi) is 3.14. The molecule has 1 aromatic rings. The van der Waals surface area contributed by atoms with Crippen LogP contribution in [-0.4, -0.2) is 36.7 Å². The highest BCUT2D eigenvalue weighted by Crippen LogP contribution is 2.50. The van der Waals surface area contributed by atoms with E-state index in [9.17, 15) is 28.2 Å². The van der Waals surface area contributed by atoms with E-state index in [4.69, 9.17) is 0 Å². The number of halogens is 4. The minimum absolute atomic E-state index is 0.0947. The Morgan fingerprint density at radius 3 is 2.61 bits per heavy atom. The van der Waals surface area contributed by atoms with E-state index in [2.05, 4.69) is 4.98 Å². The van der Waals surface area contributed by atoms with Crippen LogP contribution in [0.4, 0.5) is 13.2 Å². The van der Waals surface area contributed by atoms with Gasteiger partial charge in [-0.3, -0.25) is 9.78 Å². The maximum Gasteiger partial charge on any atom is 0.416 e. The minimum Gasteiger partial charge on any atom is -0.385 e. The van der Waals surface area contributed by atoms with Crippen molar-refractivity contribution < 1.29 is 28.2 Å². The van der Waals surface area contributed by atoms with Gasteiger partial charge in [0.05, 0.1) is 5.69 Å². The van der Waals surface area contributed by atoms with Gasteiger partial charge in [0.25, 0.3) is 0 Å². The number of hydrogen-bond donors (Lipinski definition) is 2. The standard InChI is InChI=1S/C10H7F3INO3/c11-10(12,13)8(18)9(14)6(16)4-2-1-3-15-5(4)7(9)17/h1-3,7-8,17-18H. The third kappa shape index (κ3) is 1.74. The summed E-state index contributed by atoms with van der Waals surface area (Å²) in [4.78, 5) is 15.6. The van der Waals surface area contributed by atoms with Crippen molar-refractivity contribution in [3.63, 3.8) is 0 Å². The molecule has 2 N–H and O–H groups in total. The predicted molar refractivity (Wildman–Crippen MR) is 62.3 cm³/mol. The fraction of sp³-hybridized carbons (Fsp3) is 0.400. The highest BCUT2D eigenvalue weighted by Gasteiger charge is 2.64. The summed E-state index contributed by atoms with van der Waals surface area (Å²) in [5.74, 6) is -0.969. The number of carbonyl (C=O) groups is 1. The number of alkyl halides is 4. The van der Waals surface area contributed by atoms with Gasteiger partial charge in [-0.15, -0.1) is 0 Å². The lowest BCUT2D eigenvalue weighted by molar-refractivity contribution is -0.213. The van der Waals surface area contributed by atoms with Crippen molar-refractivity contribution in [2.45, 2.75) is 21.8 Å². The Hall–Kier alpha value is -0.740. The van der Waals surface area contributed by atoms with E-state index in [0.29, 0.717) is 0 Å². The van der Waals surface area contributed by atoms with Gasteiger partial charge in [0.2, 0.25) is 0 Å². The van der Waals surface area contributed by atoms with Crippen LogP contribution in [-0.2, 0) is 0 Å². The molecule has 0 saturated heterocycles. The molecule has 18 heavy (non-hydrogen) atoms. The van der Waals surface area contributed by atoms with Crippen molar-refractivity contribution in [2.75, 3.05) is 0 Å². The maximum absolute atomic E-state index is 12.6. The van der Waals surface area contributed by atoms with Crippen LogP contribution < -0.4 is 0 Å². The van der Waals surface area contributed by atoms with Crippen molar-refractivity contribution in [3.8, 4) is 0 Å². The van der Waals surface area contributed by atoms with Crippen LogP contribution in [0.5, 0.6) is 0 Å². The van der Waals surface area contributed by atoms with E-state index in [1.807, 2.05) is 0 Å². The van der Waals surface area contributed by atoms with Crippen molar-refractivity contribution in [1.29, 1.82) is 0 Å². The van der Waals surface area contributed by atoms with Crippen molar-refractivity contribution in [3.05, 3.63) is 29.6 Å². The Bertz CT molecular complexity index is 507. The zero-order valence-corrected chi connectivity index (χ0v) is 10.8. The van der Waals surface area contributed by atoms with Crippen LogP contribution in [0.15, 0.2) is 18.3 Å². The largest absolute Gasteiger partial charge is 0.416 e.